The number of halogens is 2. The summed E-state index contributed by atoms with van der Waals surface area (Å²) >= 11 is 9.82. The number of ether oxygens (including phenoxy) is 1. The summed E-state index contributed by atoms with van der Waals surface area (Å²) in [6, 6.07) is 6.06. The lowest BCUT2D eigenvalue weighted by molar-refractivity contribution is 0.290. The van der Waals surface area contributed by atoms with Gasteiger partial charge in [0.25, 0.3) is 0 Å². The predicted molar refractivity (Wildman–Crippen MR) is 88.9 cm³/mol. The van der Waals surface area contributed by atoms with Crippen molar-refractivity contribution in [1.82, 2.24) is 15.1 Å². The number of rotatable bonds is 6. The van der Waals surface area contributed by atoms with E-state index in [1.807, 2.05) is 37.7 Å². The SMILES string of the molecule is CCn1nc(C)c(Cl)c1COc1ccc(CNC)cc1Br. The molecule has 0 amide bonds. The molecule has 0 aliphatic carbocycles. The quantitative estimate of drug-likeness (QED) is 0.835. The van der Waals surface area contributed by atoms with Crippen molar-refractivity contribution in [1.29, 1.82) is 0 Å². The molecule has 114 valence electrons. The molecule has 1 N–H and O–H groups in total. The molecule has 1 aromatic heterocycles. The Morgan fingerprint density at radius 2 is 2.19 bits per heavy atom. The van der Waals surface area contributed by atoms with Crippen LogP contribution in [0.4, 0.5) is 0 Å². The number of nitrogens with one attached hydrogen (secondary N) is 1. The van der Waals surface area contributed by atoms with E-state index in [2.05, 4.69) is 32.4 Å². The second-order valence-electron chi connectivity index (χ2n) is 4.75. The Hall–Kier alpha value is -1.04. The van der Waals surface area contributed by atoms with Crippen LogP contribution >= 0.6 is 27.5 Å². The van der Waals surface area contributed by atoms with Crippen molar-refractivity contribution in [2.45, 2.75) is 33.5 Å². The fraction of sp³-hybridized carbons (Fsp3) is 0.400. The van der Waals surface area contributed by atoms with Gasteiger partial charge >= 0.3 is 0 Å². The Morgan fingerprint density at radius 1 is 1.43 bits per heavy atom. The van der Waals surface area contributed by atoms with Crippen LogP contribution in [0, 0.1) is 6.92 Å². The second-order valence-corrected chi connectivity index (χ2v) is 5.98. The van der Waals surface area contributed by atoms with Gasteiger partial charge in [0.1, 0.15) is 12.4 Å². The van der Waals surface area contributed by atoms with Crippen LogP contribution in [0.15, 0.2) is 22.7 Å². The first-order chi connectivity index (χ1) is 10.1. The lowest BCUT2D eigenvalue weighted by Crippen LogP contribution is -2.07. The molecule has 4 nitrogen and oxygen atoms in total. The van der Waals surface area contributed by atoms with E-state index >= 15 is 0 Å². The molecule has 1 heterocycles. The molecule has 2 aromatic rings. The minimum atomic E-state index is 0.400. The smallest absolute Gasteiger partial charge is 0.134 e. The van der Waals surface area contributed by atoms with Crippen LogP contribution in [-0.2, 0) is 19.7 Å². The van der Waals surface area contributed by atoms with Crippen molar-refractivity contribution in [3.8, 4) is 5.75 Å². The van der Waals surface area contributed by atoms with Gasteiger partial charge < -0.3 is 10.1 Å². The zero-order chi connectivity index (χ0) is 15.4. The van der Waals surface area contributed by atoms with Gasteiger partial charge in [-0.3, -0.25) is 4.68 Å². The van der Waals surface area contributed by atoms with Gasteiger partial charge in [-0.2, -0.15) is 5.10 Å². The number of nitrogens with zero attached hydrogens (tertiary/aromatic N) is 2. The molecule has 0 spiro atoms. The number of hydrogen-bond acceptors (Lipinski definition) is 3. The predicted octanol–water partition coefficient (Wildman–Crippen LogP) is 3.93. The summed E-state index contributed by atoms with van der Waals surface area (Å²) in [5.41, 5.74) is 2.94. The van der Waals surface area contributed by atoms with Crippen LogP contribution in [-0.4, -0.2) is 16.8 Å². The van der Waals surface area contributed by atoms with E-state index in [-0.39, 0.29) is 0 Å². The highest BCUT2D eigenvalue weighted by Gasteiger charge is 2.13. The number of hydrogen-bond donors (Lipinski definition) is 1. The first kappa shape index (κ1) is 16.3. The van der Waals surface area contributed by atoms with Crippen molar-refractivity contribution >= 4 is 27.5 Å². The summed E-state index contributed by atoms with van der Waals surface area (Å²) < 4.78 is 8.69. The van der Waals surface area contributed by atoms with Crippen LogP contribution in [0.2, 0.25) is 5.02 Å². The van der Waals surface area contributed by atoms with E-state index < -0.39 is 0 Å². The highest BCUT2D eigenvalue weighted by Crippen LogP contribution is 2.28. The third-order valence-electron chi connectivity index (χ3n) is 3.19. The van der Waals surface area contributed by atoms with Gasteiger partial charge in [-0.1, -0.05) is 17.7 Å². The highest BCUT2D eigenvalue weighted by molar-refractivity contribution is 9.10. The van der Waals surface area contributed by atoms with Crippen LogP contribution < -0.4 is 10.1 Å². The first-order valence-electron chi connectivity index (χ1n) is 6.84. The maximum absolute atomic E-state index is 6.28. The average Bonchev–Trinajstić information content (AvgIpc) is 2.74. The van der Waals surface area contributed by atoms with Crippen LogP contribution in [0.25, 0.3) is 0 Å². The van der Waals surface area contributed by atoms with Crippen molar-refractivity contribution in [3.05, 3.63) is 44.6 Å². The fourth-order valence-electron chi connectivity index (χ4n) is 2.13. The number of benzene rings is 1. The molecule has 0 aliphatic heterocycles. The average molecular weight is 373 g/mol. The Balaban J connectivity index is 2.13. The fourth-order valence-corrected chi connectivity index (χ4v) is 2.86. The summed E-state index contributed by atoms with van der Waals surface area (Å²) in [5.74, 6) is 0.799. The molecular weight excluding hydrogens is 354 g/mol. The largest absolute Gasteiger partial charge is 0.486 e. The van der Waals surface area contributed by atoms with Gasteiger partial charge in [0.15, 0.2) is 0 Å². The van der Waals surface area contributed by atoms with E-state index in [1.165, 1.54) is 5.56 Å². The van der Waals surface area contributed by atoms with E-state index in [9.17, 15) is 0 Å². The van der Waals surface area contributed by atoms with E-state index in [0.29, 0.717) is 11.6 Å². The minimum absolute atomic E-state index is 0.400. The van der Waals surface area contributed by atoms with Gasteiger partial charge in [-0.25, -0.2) is 0 Å². The van der Waals surface area contributed by atoms with Gasteiger partial charge in [0.05, 0.1) is 20.9 Å². The van der Waals surface area contributed by atoms with Gasteiger partial charge in [-0.05, 0) is 54.5 Å². The molecule has 0 fully saturated rings. The van der Waals surface area contributed by atoms with Gasteiger partial charge in [-0.15, -0.1) is 0 Å². The van der Waals surface area contributed by atoms with Crippen LogP contribution in [0.5, 0.6) is 5.75 Å². The standard InChI is InChI=1S/C15H19BrClN3O/c1-4-20-13(15(17)10(2)19-20)9-21-14-6-5-11(8-18-3)7-12(14)16/h5-7,18H,4,8-9H2,1-3H3. The van der Waals surface area contributed by atoms with Crippen molar-refractivity contribution in [2.75, 3.05) is 7.05 Å². The summed E-state index contributed by atoms with van der Waals surface area (Å²) in [7, 11) is 1.93. The lowest BCUT2D eigenvalue weighted by atomic mass is 10.2. The molecule has 0 unspecified atom stereocenters. The molecule has 0 radical (unpaired) electrons. The van der Waals surface area contributed by atoms with Crippen LogP contribution in [0.3, 0.4) is 0 Å². The lowest BCUT2D eigenvalue weighted by Gasteiger charge is -2.11. The number of aromatic nitrogens is 2. The Labute approximate surface area is 138 Å². The molecule has 0 saturated heterocycles. The van der Waals surface area contributed by atoms with Gasteiger partial charge in [0.2, 0.25) is 0 Å². The molecule has 21 heavy (non-hydrogen) atoms. The summed E-state index contributed by atoms with van der Waals surface area (Å²) in [5, 5.41) is 8.19. The third kappa shape index (κ3) is 3.78. The monoisotopic (exact) mass is 371 g/mol. The van der Waals surface area contributed by atoms with Gasteiger partial charge in [0, 0.05) is 13.1 Å². The van der Waals surface area contributed by atoms with Crippen molar-refractivity contribution < 1.29 is 4.74 Å². The maximum atomic E-state index is 6.28. The first-order valence-corrected chi connectivity index (χ1v) is 8.01. The van der Waals surface area contributed by atoms with E-state index in [4.69, 9.17) is 16.3 Å². The normalized spacial score (nSPS) is 10.9. The van der Waals surface area contributed by atoms with E-state index in [0.717, 1.165) is 34.7 Å². The molecule has 0 aliphatic rings. The summed E-state index contributed by atoms with van der Waals surface area (Å²) in [6.45, 7) is 5.94. The third-order valence-corrected chi connectivity index (χ3v) is 4.31. The Bertz CT molecular complexity index is 628. The van der Waals surface area contributed by atoms with E-state index in [1.54, 1.807) is 0 Å². The molecule has 1 aromatic carbocycles. The van der Waals surface area contributed by atoms with Crippen molar-refractivity contribution in [3.63, 3.8) is 0 Å². The molecule has 0 saturated carbocycles. The second kappa shape index (κ2) is 7.29. The zero-order valence-corrected chi connectivity index (χ0v) is 14.8. The number of aryl methyl sites for hydroxylation is 2. The van der Waals surface area contributed by atoms with Crippen molar-refractivity contribution in [2.24, 2.45) is 0 Å². The maximum Gasteiger partial charge on any atom is 0.134 e. The molecule has 0 bridgehead atoms. The zero-order valence-electron chi connectivity index (χ0n) is 12.4. The summed E-state index contributed by atoms with van der Waals surface area (Å²) in [4.78, 5) is 0. The molecule has 0 atom stereocenters. The molecular formula is C15H19BrClN3O. The summed E-state index contributed by atoms with van der Waals surface area (Å²) in [6.07, 6.45) is 0. The Morgan fingerprint density at radius 3 is 2.81 bits per heavy atom. The Kier molecular flexibility index (Phi) is 5.67. The molecule has 6 heteroatoms. The highest BCUT2D eigenvalue weighted by atomic mass is 79.9. The van der Waals surface area contributed by atoms with Crippen LogP contribution in [0.1, 0.15) is 23.9 Å². The topological polar surface area (TPSA) is 39.1 Å². The minimum Gasteiger partial charge on any atom is -0.486 e. The molecule has 2 rings (SSSR count).